The molecule has 0 saturated heterocycles. The largest absolute Gasteiger partial charge is 0.497 e. The normalized spacial score (nSPS) is 10.5. The van der Waals surface area contributed by atoms with Gasteiger partial charge in [0.2, 0.25) is 0 Å². The number of fused-ring (bicyclic) bond motifs is 1. The van der Waals surface area contributed by atoms with E-state index in [0.717, 1.165) is 4.70 Å². The van der Waals surface area contributed by atoms with E-state index in [-0.39, 0.29) is 15.7 Å². The Kier molecular flexibility index (Phi) is 6.01. The van der Waals surface area contributed by atoms with Gasteiger partial charge < -0.3 is 14.8 Å². The zero-order chi connectivity index (χ0) is 19.6. The van der Waals surface area contributed by atoms with Crippen LogP contribution in [0.2, 0.25) is 10.0 Å². The van der Waals surface area contributed by atoms with E-state index in [0.29, 0.717) is 27.2 Å². The summed E-state index contributed by atoms with van der Waals surface area (Å²) in [7, 11) is 3.13. The molecule has 0 saturated carbocycles. The molecule has 6 nitrogen and oxygen atoms in total. The number of hydrogen-bond acceptors (Lipinski definition) is 6. The highest BCUT2D eigenvalue weighted by Gasteiger charge is 2.15. The number of halogens is 2. The molecule has 140 valence electrons. The minimum Gasteiger partial charge on any atom is -0.497 e. The number of nitrogens with zero attached hydrogens (tertiary/aromatic N) is 1. The van der Waals surface area contributed by atoms with Gasteiger partial charge in [0.05, 0.1) is 29.5 Å². The van der Waals surface area contributed by atoms with Gasteiger partial charge in [0.1, 0.15) is 17.0 Å². The van der Waals surface area contributed by atoms with Crippen molar-refractivity contribution in [1.82, 2.24) is 10.3 Å². The smallest absolute Gasteiger partial charge is 0.258 e. The highest BCUT2D eigenvalue weighted by Crippen LogP contribution is 2.36. The third-order valence-corrected chi connectivity index (χ3v) is 5.18. The SMILES string of the molecule is COc1cc(OC)c2nc(NC(=S)NC(=O)c3ccc(Cl)cc3Cl)sc2c1. The number of thiocarbonyl (C=S) groups is 1. The van der Waals surface area contributed by atoms with Gasteiger partial charge >= 0.3 is 0 Å². The maximum atomic E-state index is 12.3. The van der Waals surface area contributed by atoms with Gasteiger partial charge in [0.25, 0.3) is 5.91 Å². The number of amides is 1. The van der Waals surface area contributed by atoms with Crippen molar-refractivity contribution in [3.8, 4) is 11.5 Å². The number of rotatable bonds is 4. The van der Waals surface area contributed by atoms with Crippen molar-refractivity contribution in [2.24, 2.45) is 0 Å². The van der Waals surface area contributed by atoms with Gasteiger partial charge in [-0.3, -0.25) is 10.1 Å². The number of hydrogen-bond donors (Lipinski definition) is 2. The van der Waals surface area contributed by atoms with E-state index < -0.39 is 5.91 Å². The first-order valence-electron chi connectivity index (χ1n) is 7.51. The average molecular weight is 442 g/mol. The summed E-state index contributed by atoms with van der Waals surface area (Å²) in [4.78, 5) is 16.8. The van der Waals surface area contributed by atoms with Gasteiger partial charge in [-0.1, -0.05) is 34.5 Å². The van der Waals surface area contributed by atoms with Crippen LogP contribution in [-0.4, -0.2) is 30.2 Å². The molecular weight excluding hydrogens is 429 g/mol. The predicted octanol–water partition coefficient (Wildman–Crippen LogP) is 4.75. The van der Waals surface area contributed by atoms with Gasteiger partial charge in [-0.05, 0) is 36.5 Å². The van der Waals surface area contributed by atoms with Gasteiger partial charge in [-0.25, -0.2) is 4.98 Å². The molecule has 0 bridgehead atoms. The molecule has 0 aliphatic rings. The number of aromatic nitrogens is 1. The van der Waals surface area contributed by atoms with Crippen molar-refractivity contribution in [3.63, 3.8) is 0 Å². The minimum atomic E-state index is -0.450. The van der Waals surface area contributed by atoms with Crippen LogP contribution in [-0.2, 0) is 0 Å². The number of carbonyl (C=O) groups excluding carboxylic acids is 1. The standard InChI is InChI=1S/C17H13Cl2N3O3S2/c1-24-9-6-12(25-2)14-13(7-9)27-17(20-14)22-16(26)21-15(23)10-4-3-8(18)5-11(10)19/h3-7H,1-2H3,(H2,20,21,22,23,26). The monoisotopic (exact) mass is 441 g/mol. The summed E-state index contributed by atoms with van der Waals surface area (Å²) in [5, 5.41) is 6.73. The topological polar surface area (TPSA) is 72.5 Å². The fourth-order valence-electron chi connectivity index (χ4n) is 2.27. The van der Waals surface area contributed by atoms with E-state index in [1.54, 1.807) is 26.4 Å². The van der Waals surface area contributed by atoms with Crippen molar-refractivity contribution >= 4 is 73.1 Å². The summed E-state index contributed by atoms with van der Waals surface area (Å²) >= 11 is 18.4. The molecule has 3 aromatic rings. The number of ether oxygens (including phenoxy) is 2. The maximum Gasteiger partial charge on any atom is 0.258 e. The Labute approximate surface area is 174 Å². The summed E-state index contributed by atoms with van der Waals surface area (Å²) in [6.45, 7) is 0. The first-order chi connectivity index (χ1) is 12.9. The van der Waals surface area contributed by atoms with Crippen molar-refractivity contribution in [2.45, 2.75) is 0 Å². The molecule has 0 atom stereocenters. The second-order valence-corrected chi connectivity index (χ2v) is 7.51. The maximum absolute atomic E-state index is 12.3. The number of thiazole rings is 1. The van der Waals surface area contributed by atoms with Crippen LogP contribution in [0.25, 0.3) is 10.2 Å². The van der Waals surface area contributed by atoms with Crippen LogP contribution in [0.1, 0.15) is 10.4 Å². The predicted molar refractivity (Wildman–Crippen MR) is 113 cm³/mol. The molecule has 0 aliphatic carbocycles. The molecule has 0 radical (unpaired) electrons. The van der Waals surface area contributed by atoms with E-state index in [2.05, 4.69) is 15.6 Å². The van der Waals surface area contributed by atoms with E-state index in [1.165, 1.54) is 23.5 Å². The molecule has 0 aliphatic heterocycles. The van der Waals surface area contributed by atoms with Crippen LogP contribution < -0.4 is 20.1 Å². The zero-order valence-electron chi connectivity index (χ0n) is 14.1. The lowest BCUT2D eigenvalue weighted by molar-refractivity contribution is 0.0978. The van der Waals surface area contributed by atoms with Gasteiger partial charge in [-0.15, -0.1) is 0 Å². The lowest BCUT2D eigenvalue weighted by Crippen LogP contribution is -2.34. The highest BCUT2D eigenvalue weighted by molar-refractivity contribution is 7.80. The Hall–Kier alpha value is -2.13. The van der Waals surface area contributed by atoms with Crippen LogP contribution in [0.5, 0.6) is 11.5 Å². The quantitative estimate of drug-likeness (QED) is 0.569. The first-order valence-corrected chi connectivity index (χ1v) is 9.49. The average Bonchev–Trinajstić information content (AvgIpc) is 3.02. The molecule has 1 amide bonds. The minimum absolute atomic E-state index is 0.0935. The van der Waals surface area contributed by atoms with Gasteiger partial charge in [0, 0.05) is 11.1 Å². The third-order valence-electron chi connectivity index (χ3n) is 3.51. The summed E-state index contributed by atoms with van der Waals surface area (Å²) in [5.74, 6) is 0.786. The molecular formula is C17H13Cl2N3O3S2. The first kappa shape index (κ1) is 19.6. The van der Waals surface area contributed by atoms with Crippen molar-refractivity contribution < 1.29 is 14.3 Å². The molecule has 27 heavy (non-hydrogen) atoms. The molecule has 1 aromatic heterocycles. The summed E-state index contributed by atoms with van der Waals surface area (Å²) in [6, 6.07) is 8.18. The van der Waals surface area contributed by atoms with Crippen LogP contribution in [0.4, 0.5) is 5.13 Å². The Morgan fingerprint density at radius 1 is 1.19 bits per heavy atom. The van der Waals surface area contributed by atoms with Crippen molar-refractivity contribution in [3.05, 3.63) is 45.9 Å². The second-order valence-electron chi connectivity index (χ2n) is 5.23. The fraction of sp³-hybridized carbons (Fsp3) is 0.118. The Morgan fingerprint density at radius 2 is 1.96 bits per heavy atom. The number of anilines is 1. The molecule has 2 aromatic carbocycles. The number of methoxy groups -OCH3 is 2. The molecule has 3 rings (SSSR count). The Bertz CT molecular complexity index is 1040. The number of nitrogens with one attached hydrogen (secondary N) is 2. The van der Waals surface area contributed by atoms with Gasteiger partial charge in [-0.2, -0.15) is 0 Å². The third kappa shape index (κ3) is 4.41. The van der Waals surface area contributed by atoms with Crippen LogP contribution >= 0.6 is 46.8 Å². The van der Waals surface area contributed by atoms with Crippen molar-refractivity contribution in [2.75, 3.05) is 19.5 Å². The molecule has 0 fully saturated rings. The van der Waals surface area contributed by atoms with Crippen LogP contribution in [0, 0.1) is 0 Å². The van der Waals surface area contributed by atoms with E-state index in [9.17, 15) is 4.79 Å². The fourth-order valence-corrected chi connectivity index (χ4v) is 3.94. The highest BCUT2D eigenvalue weighted by atomic mass is 35.5. The lowest BCUT2D eigenvalue weighted by Gasteiger charge is -2.08. The van der Waals surface area contributed by atoms with Gasteiger partial charge in [0.15, 0.2) is 10.2 Å². The van der Waals surface area contributed by atoms with Crippen molar-refractivity contribution in [1.29, 1.82) is 0 Å². The second kappa shape index (κ2) is 8.26. The summed E-state index contributed by atoms with van der Waals surface area (Å²) in [5.41, 5.74) is 0.932. The summed E-state index contributed by atoms with van der Waals surface area (Å²) < 4.78 is 11.4. The molecule has 10 heteroatoms. The molecule has 2 N–H and O–H groups in total. The van der Waals surface area contributed by atoms with E-state index >= 15 is 0 Å². The molecule has 1 heterocycles. The van der Waals surface area contributed by atoms with Crippen LogP contribution in [0.3, 0.4) is 0 Å². The molecule has 0 spiro atoms. The zero-order valence-corrected chi connectivity index (χ0v) is 17.3. The Balaban J connectivity index is 1.76. The number of carbonyl (C=O) groups is 1. The summed E-state index contributed by atoms with van der Waals surface area (Å²) in [6.07, 6.45) is 0. The molecule has 0 unspecified atom stereocenters. The number of benzene rings is 2. The Morgan fingerprint density at radius 3 is 2.63 bits per heavy atom. The van der Waals surface area contributed by atoms with Crippen LogP contribution in [0.15, 0.2) is 30.3 Å². The lowest BCUT2D eigenvalue weighted by atomic mass is 10.2. The van der Waals surface area contributed by atoms with E-state index in [4.69, 9.17) is 44.9 Å². The van der Waals surface area contributed by atoms with E-state index in [1.807, 2.05) is 6.07 Å².